The second kappa shape index (κ2) is 7.08. The molecule has 2 aromatic rings. The van der Waals surface area contributed by atoms with Crippen molar-refractivity contribution in [2.75, 3.05) is 10.0 Å². The van der Waals surface area contributed by atoms with Gasteiger partial charge >= 0.3 is 5.69 Å². The molecule has 138 valence electrons. The number of carbonyl (C=O) groups excluding carboxylic acids is 1. The lowest BCUT2D eigenvalue weighted by Crippen LogP contribution is -2.16. The van der Waals surface area contributed by atoms with E-state index in [1.807, 2.05) is 0 Å². The molecule has 0 aromatic heterocycles. The zero-order valence-electron chi connectivity index (χ0n) is 14.2. The van der Waals surface area contributed by atoms with Gasteiger partial charge in [-0.15, -0.1) is 0 Å². The molecule has 0 heterocycles. The van der Waals surface area contributed by atoms with E-state index in [4.69, 9.17) is 0 Å². The minimum absolute atomic E-state index is 0.0291. The minimum atomic E-state index is -4.08. The fraction of sp³-hybridized carbons (Fsp3) is 0.188. The lowest BCUT2D eigenvalue weighted by Gasteiger charge is -2.15. The predicted octanol–water partition coefficient (Wildman–Crippen LogP) is 3.11. The van der Waals surface area contributed by atoms with Crippen molar-refractivity contribution < 1.29 is 22.5 Å². The topological polar surface area (TPSA) is 118 Å². The zero-order chi connectivity index (χ0) is 19.6. The Morgan fingerprint density at radius 1 is 1.12 bits per heavy atom. The number of hydrogen-bond donors (Lipinski definition) is 2. The maximum absolute atomic E-state index is 13.4. The summed E-state index contributed by atoms with van der Waals surface area (Å²) in [5.41, 5.74) is 0.224. The number of nitro benzene ring substituents is 1. The first-order chi connectivity index (χ1) is 12.0. The van der Waals surface area contributed by atoms with Gasteiger partial charge in [-0.05, 0) is 49.2 Å². The average Bonchev–Trinajstić information content (AvgIpc) is 2.46. The van der Waals surface area contributed by atoms with Crippen molar-refractivity contribution >= 4 is 33.0 Å². The third-order valence-corrected chi connectivity index (χ3v) is 5.13. The lowest BCUT2D eigenvalue weighted by molar-refractivity contribution is -0.387. The second-order valence-electron chi connectivity index (χ2n) is 5.65. The van der Waals surface area contributed by atoms with Crippen molar-refractivity contribution in [2.45, 2.75) is 25.7 Å². The Morgan fingerprint density at radius 2 is 1.69 bits per heavy atom. The van der Waals surface area contributed by atoms with Gasteiger partial charge in [0.1, 0.15) is 0 Å². The van der Waals surface area contributed by atoms with Gasteiger partial charge in [-0.3, -0.25) is 19.6 Å². The van der Waals surface area contributed by atoms with Gasteiger partial charge < -0.3 is 5.32 Å². The molecule has 0 aliphatic rings. The Labute approximate surface area is 149 Å². The van der Waals surface area contributed by atoms with Gasteiger partial charge in [-0.25, -0.2) is 8.42 Å². The molecule has 0 atom stereocenters. The van der Waals surface area contributed by atoms with Crippen LogP contribution in [0.1, 0.15) is 18.1 Å². The van der Waals surface area contributed by atoms with Crippen molar-refractivity contribution in [2.24, 2.45) is 0 Å². The molecular weight excluding hydrogens is 365 g/mol. The average molecular weight is 381 g/mol. The van der Waals surface area contributed by atoms with Crippen LogP contribution in [0.3, 0.4) is 0 Å². The number of rotatable bonds is 5. The van der Waals surface area contributed by atoms with Gasteiger partial charge in [-0.1, -0.05) is 0 Å². The molecule has 0 fully saturated rings. The molecule has 0 aliphatic heterocycles. The Bertz CT molecular complexity index is 982. The van der Waals surface area contributed by atoms with Crippen LogP contribution >= 0.6 is 0 Å². The molecule has 0 spiro atoms. The summed E-state index contributed by atoms with van der Waals surface area (Å²) in [5.74, 6) is -1.36. The van der Waals surface area contributed by atoms with E-state index in [2.05, 4.69) is 10.0 Å². The Morgan fingerprint density at radius 3 is 2.19 bits per heavy atom. The van der Waals surface area contributed by atoms with Crippen LogP contribution in [0.2, 0.25) is 0 Å². The van der Waals surface area contributed by atoms with Crippen molar-refractivity contribution in [1.82, 2.24) is 0 Å². The van der Waals surface area contributed by atoms with Crippen LogP contribution in [0, 0.1) is 29.8 Å². The monoisotopic (exact) mass is 381 g/mol. The highest BCUT2D eigenvalue weighted by Crippen LogP contribution is 2.28. The number of hydrogen-bond acceptors (Lipinski definition) is 5. The van der Waals surface area contributed by atoms with Crippen LogP contribution in [-0.4, -0.2) is 19.2 Å². The number of nitro groups is 1. The van der Waals surface area contributed by atoms with Gasteiger partial charge in [0.05, 0.1) is 15.5 Å². The summed E-state index contributed by atoms with van der Waals surface area (Å²) in [4.78, 5) is 21.0. The first kappa shape index (κ1) is 19.3. The van der Waals surface area contributed by atoms with Crippen LogP contribution in [0.25, 0.3) is 0 Å². The van der Waals surface area contributed by atoms with E-state index in [1.165, 1.54) is 19.1 Å². The third kappa shape index (κ3) is 4.14. The molecular formula is C16H16FN3O5S. The summed E-state index contributed by atoms with van der Waals surface area (Å²) in [6, 6.07) is 5.71. The van der Waals surface area contributed by atoms with Crippen LogP contribution < -0.4 is 10.0 Å². The molecule has 8 nitrogen and oxygen atoms in total. The number of benzene rings is 2. The Hall–Kier alpha value is -3.01. The number of nitrogens with one attached hydrogen (secondary N) is 2. The van der Waals surface area contributed by atoms with Crippen LogP contribution in [0.15, 0.2) is 35.2 Å². The molecule has 26 heavy (non-hydrogen) atoms. The molecule has 1 amide bonds. The maximum atomic E-state index is 13.4. The van der Waals surface area contributed by atoms with Gasteiger partial charge in [-0.2, -0.15) is 4.39 Å². The smallest absolute Gasteiger partial charge is 0.306 e. The molecule has 2 N–H and O–H groups in total. The normalized spacial score (nSPS) is 11.1. The summed E-state index contributed by atoms with van der Waals surface area (Å²) in [7, 11) is -4.08. The predicted molar refractivity (Wildman–Crippen MR) is 94.1 cm³/mol. The Balaban J connectivity index is 2.44. The lowest BCUT2D eigenvalue weighted by atomic mass is 10.1. The fourth-order valence-corrected chi connectivity index (χ4v) is 4.08. The minimum Gasteiger partial charge on any atom is -0.326 e. The fourth-order valence-electron chi connectivity index (χ4n) is 2.57. The van der Waals surface area contributed by atoms with E-state index in [-0.39, 0.29) is 16.5 Å². The molecule has 10 heteroatoms. The van der Waals surface area contributed by atoms with Gasteiger partial charge in [0.25, 0.3) is 10.0 Å². The van der Waals surface area contributed by atoms with Gasteiger partial charge in [0.2, 0.25) is 11.7 Å². The van der Waals surface area contributed by atoms with E-state index in [0.717, 1.165) is 18.2 Å². The van der Waals surface area contributed by atoms with Crippen LogP contribution in [0.4, 0.5) is 21.5 Å². The summed E-state index contributed by atoms with van der Waals surface area (Å²) >= 11 is 0. The molecule has 2 rings (SSSR count). The first-order valence-corrected chi connectivity index (χ1v) is 8.85. The highest BCUT2D eigenvalue weighted by atomic mass is 32.2. The molecule has 2 aromatic carbocycles. The second-order valence-corrected chi connectivity index (χ2v) is 7.27. The number of carbonyl (C=O) groups is 1. The molecule has 0 unspecified atom stereocenters. The van der Waals surface area contributed by atoms with Gasteiger partial charge in [0.15, 0.2) is 0 Å². The van der Waals surface area contributed by atoms with E-state index >= 15 is 0 Å². The SMILES string of the molecule is CC(=O)Nc1cc(C)c(S(=O)(=O)Nc2ccc(F)c([N+](=O)[O-])c2)c(C)c1. The van der Waals surface area contributed by atoms with Crippen molar-refractivity contribution in [3.8, 4) is 0 Å². The Kier molecular flexibility index (Phi) is 5.26. The van der Waals surface area contributed by atoms with Crippen molar-refractivity contribution in [3.63, 3.8) is 0 Å². The molecule has 0 radical (unpaired) electrons. The zero-order valence-corrected chi connectivity index (χ0v) is 15.0. The third-order valence-electron chi connectivity index (χ3n) is 3.44. The number of amides is 1. The largest absolute Gasteiger partial charge is 0.326 e. The first-order valence-electron chi connectivity index (χ1n) is 7.37. The highest BCUT2D eigenvalue weighted by molar-refractivity contribution is 7.92. The van der Waals surface area contributed by atoms with Crippen LogP contribution in [0.5, 0.6) is 0 Å². The summed E-state index contributed by atoms with van der Waals surface area (Å²) in [6.45, 7) is 4.44. The van der Waals surface area contributed by atoms with Crippen molar-refractivity contribution in [1.29, 1.82) is 0 Å². The number of nitrogens with zero attached hydrogens (tertiary/aromatic N) is 1. The quantitative estimate of drug-likeness (QED) is 0.609. The number of halogens is 1. The number of sulfonamides is 1. The summed E-state index contributed by atoms with van der Waals surface area (Å²) in [6.07, 6.45) is 0. The maximum Gasteiger partial charge on any atom is 0.306 e. The van der Waals surface area contributed by atoms with Crippen molar-refractivity contribution in [3.05, 3.63) is 57.4 Å². The number of aryl methyl sites for hydroxylation is 2. The molecule has 0 aliphatic carbocycles. The molecule has 0 saturated heterocycles. The van der Waals surface area contributed by atoms with E-state index in [1.54, 1.807) is 13.8 Å². The standard InChI is InChI=1S/C16H16FN3O5S/c1-9-6-13(18-11(3)21)7-10(2)16(9)26(24,25)19-12-4-5-14(17)15(8-12)20(22)23/h4-8,19H,1-3H3,(H,18,21). The van der Waals surface area contributed by atoms with E-state index < -0.39 is 26.5 Å². The number of anilines is 2. The molecule has 0 saturated carbocycles. The summed E-state index contributed by atoms with van der Waals surface area (Å²) in [5, 5.41) is 13.4. The van der Waals surface area contributed by atoms with Crippen LogP contribution in [-0.2, 0) is 14.8 Å². The highest BCUT2D eigenvalue weighted by Gasteiger charge is 2.22. The van der Waals surface area contributed by atoms with E-state index in [9.17, 15) is 27.7 Å². The summed E-state index contributed by atoms with van der Waals surface area (Å²) < 4.78 is 41.0. The van der Waals surface area contributed by atoms with Gasteiger partial charge in [0, 0.05) is 18.7 Å². The van der Waals surface area contributed by atoms with E-state index in [0.29, 0.717) is 16.8 Å². The molecule has 0 bridgehead atoms.